The van der Waals surface area contributed by atoms with Gasteiger partial charge in [-0.1, -0.05) is 23.2 Å². The lowest BCUT2D eigenvalue weighted by molar-refractivity contribution is 1.27. The number of pyridine rings is 1. The number of aryl methyl sites for hydroxylation is 1. The molecule has 0 aliphatic heterocycles. The molecule has 82 valence electrons. The largest absolute Gasteiger partial charge is 0.340 e. The summed E-state index contributed by atoms with van der Waals surface area (Å²) in [6.07, 6.45) is 1.76. The summed E-state index contributed by atoms with van der Waals surface area (Å²) in [6, 6.07) is 9.29. The molecule has 4 heteroatoms. The molecule has 16 heavy (non-hydrogen) atoms. The number of benzene rings is 1. The van der Waals surface area contributed by atoms with Gasteiger partial charge >= 0.3 is 0 Å². The number of halogens is 2. The zero-order valence-electron chi connectivity index (χ0n) is 8.67. The molecule has 1 heterocycles. The average molecular weight is 253 g/mol. The van der Waals surface area contributed by atoms with Crippen LogP contribution in [0.4, 0.5) is 11.5 Å². The van der Waals surface area contributed by atoms with Gasteiger partial charge in [-0.05, 0) is 42.8 Å². The van der Waals surface area contributed by atoms with Crippen molar-refractivity contribution >= 4 is 34.7 Å². The van der Waals surface area contributed by atoms with Gasteiger partial charge in [0.15, 0.2) is 0 Å². The molecule has 0 saturated carbocycles. The van der Waals surface area contributed by atoms with E-state index in [-0.39, 0.29) is 0 Å². The highest BCUT2D eigenvalue weighted by molar-refractivity contribution is 6.42. The van der Waals surface area contributed by atoms with Crippen molar-refractivity contribution in [3.63, 3.8) is 0 Å². The van der Waals surface area contributed by atoms with E-state index in [2.05, 4.69) is 10.3 Å². The van der Waals surface area contributed by atoms with E-state index in [1.807, 2.05) is 25.1 Å². The molecule has 0 spiro atoms. The van der Waals surface area contributed by atoms with Gasteiger partial charge in [0, 0.05) is 11.9 Å². The van der Waals surface area contributed by atoms with Crippen LogP contribution in [0.2, 0.25) is 10.0 Å². The first-order chi connectivity index (χ1) is 7.65. The molecule has 0 fully saturated rings. The van der Waals surface area contributed by atoms with Gasteiger partial charge in [-0.2, -0.15) is 0 Å². The lowest BCUT2D eigenvalue weighted by Gasteiger charge is -2.06. The smallest absolute Gasteiger partial charge is 0.130 e. The monoisotopic (exact) mass is 252 g/mol. The van der Waals surface area contributed by atoms with Crippen LogP contribution in [0.3, 0.4) is 0 Å². The van der Waals surface area contributed by atoms with Crippen molar-refractivity contribution in [1.82, 2.24) is 4.98 Å². The lowest BCUT2D eigenvalue weighted by Crippen LogP contribution is -1.93. The van der Waals surface area contributed by atoms with E-state index in [1.54, 1.807) is 18.3 Å². The van der Waals surface area contributed by atoms with Gasteiger partial charge in [-0.25, -0.2) is 4.98 Å². The molecule has 2 nitrogen and oxygen atoms in total. The second kappa shape index (κ2) is 4.73. The molecule has 0 aliphatic rings. The molecule has 0 atom stereocenters. The van der Waals surface area contributed by atoms with Crippen molar-refractivity contribution in [1.29, 1.82) is 0 Å². The summed E-state index contributed by atoms with van der Waals surface area (Å²) in [4.78, 5) is 4.20. The maximum absolute atomic E-state index is 5.92. The van der Waals surface area contributed by atoms with Crippen molar-refractivity contribution in [3.8, 4) is 0 Å². The van der Waals surface area contributed by atoms with E-state index in [9.17, 15) is 0 Å². The molecule has 0 aliphatic carbocycles. The van der Waals surface area contributed by atoms with E-state index in [4.69, 9.17) is 23.2 Å². The Bertz CT molecular complexity index is 512. The van der Waals surface area contributed by atoms with Crippen LogP contribution in [0, 0.1) is 6.92 Å². The molecule has 1 aromatic carbocycles. The molecule has 0 bridgehead atoms. The third kappa shape index (κ3) is 2.65. The second-order valence-electron chi connectivity index (χ2n) is 3.47. The number of anilines is 2. The molecule has 0 amide bonds. The summed E-state index contributed by atoms with van der Waals surface area (Å²) < 4.78 is 0. The Morgan fingerprint density at radius 1 is 1.06 bits per heavy atom. The van der Waals surface area contributed by atoms with E-state index in [0.29, 0.717) is 10.0 Å². The summed E-state index contributed by atoms with van der Waals surface area (Å²) in [6.45, 7) is 2.02. The Morgan fingerprint density at radius 3 is 2.56 bits per heavy atom. The summed E-state index contributed by atoms with van der Waals surface area (Å²) in [5.41, 5.74) is 2.02. The zero-order valence-corrected chi connectivity index (χ0v) is 10.2. The van der Waals surface area contributed by atoms with Crippen molar-refractivity contribution in [3.05, 3.63) is 52.1 Å². The first-order valence-corrected chi connectivity index (χ1v) is 5.55. The van der Waals surface area contributed by atoms with Crippen LogP contribution < -0.4 is 5.32 Å². The maximum atomic E-state index is 5.92. The average Bonchev–Trinajstić information content (AvgIpc) is 2.24. The van der Waals surface area contributed by atoms with Crippen molar-refractivity contribution in [2.75, 3.05) is 5.32 Å². The summed E-state index contributed by atoms with van der Waals surface area (Å²) >= 11 is 11.8. The van der Waals surface area contributed by atoms with Gasteiger partial charge in [0.05, 0.1) is 10.0 Å². The highest BCUT2D eigenvalue weighted by atomic mass is 35.5. The molecular weight excluding hydrogens is 243 g/mol. The predicted octanol–water partition coefficient (Wildman–Crippen LogP) is 4.44. The Hall–Kier alpha value is -1.25. The van der Waals surface area contributed by atoms with E-state index < -0.39 is 0 Å². The number of hydrogen-bond donors (Lipinski definition) is 1. The first-order valence-electron chi connectivity index (χ1n) is 4.80. The lowest BCUT2D eigenvalue weighted by atomic mass is 10.3. The molecule has 1 aromatic heterocycles. The fourth-order valence-corrected chi connectivity index (χ4v) is 1.62. The normalized spacial score (nSPS) is 10.2. The first kappa shape index (κ1) is 11.2. The second-order valence-corrected chi connectivity index (χ2v) is 4.29. The van der Waals surface area contributed by atoms with Crippen molar-refractivity contribution < 1.29 is 0 Å². The van der Waals surface area contributed by atoms with Gasteiger partial charge in [0.2, 0.25) is 0 Å². The zero-order chi connectivity index (χ0) is 11.5. The minimum Gasteiger partial charge on any atom is -0.340 e. The quantitative estimate of drug-likeness (QED) is 0.855. The minimum absolute atomic E-state index is 0.527. The van der Waals surface area contributed by atoms with Crippen LogP contribution in [-0.2, 0) is 0 Å². The highest BCUT2D eigenvalue weighted by Gasteiger charge is 2.00. The maximum Gasteiger partial charge on any atom is 0.130 e. The van der Waals surface area contributed by atoms with Crippen molar-refractivity contribution in [2.45, 2.75) is 6.92 Å². The van der Waals surface area contributed by atoms with E-state index in [0.717, 1.165) is 17.1 Å². The van der Waals surface area contributed by atoms with Gasteiger partial charge < -0.3 is 5.32 Å². The minimum atomic E-state index is 0.527. The molecule has 0 saturated heterocycles. The van der Waals surface area contributed by atoms with Gasteiger partial charge in [0.25, 0.3) is 0 Å². The van der Waals surface area contributed by atoms with Crippen molar-refractivity contribution in [2.24, 2.45) is 0 Å². The third-order valence-electron chi connectivity index (χ3n) is 2.11. The summed E-state index contributed by atoms with van der Waals surface area (Å²) in [7, 11) is 0. The predicted molar refractivity (Wildman–Crippen MR) is 68.7 cm³/mol. The van der Waals surface area contributed by atoms with Crippen LogP contribution >= 0.6 is 23.2 Å². The molecular formula is C12H10Cl2N2. The number of aromatic nitrogens is 1. The summed E-state index contributed by atoms with van der Waals surface area (Å²) in [5, 5.41) is 4.23. The summed E-state index contributed by atoms with van der Waals surface area (Å²) in [5.74, 6) is 0.790. The van der Waals surface area contributed by atoms with Crippen LogP contribution in [0.25, 0.3) is 0 Å². The van der Waals surface area contributed by atoms with Gasteiger partial charge in [0.1, 0.15) is 5.82 Å². The van der Waals surface area contributed by atoms with Gasteiger partial charge in [-0.15, -0.1) is 0 Å². The van der Waals surface area contributed by atoms with E-state index >= 15 is 0 Å². The Kier molecular flexibility index (Phi) is 3.32. The molecule has 2 aromatic rings. The highest BCUT2D eigenvalue weighted by Crippen LogP contribution is 2.26. The van der Waals surface area contributed by atoms with E-state index in [1.165, 1.54) is 0 Å². The van der Waals surface area contributed by atoms with Crippen LogP contribution in [-0.4, -0.2) is 4.98 Å². The fraction of sp³-hybridized carbons (Fsp3) is 0.0833. The fourth-order valence-electron chi connectivity index (χ4n) is 1.33. The molecule has 2 rings (SSSR count). The van der Waals surface area contributed by atoms with Gasteiger partial charge in [-0.3, -0.25) is 0 Å². The molecule has 0 radical (unpaired) electrons. The Morgan fingerprint density at radius 2 is 1.88 bits per heavy atom. The number of rotatable bonds is 2. The Balaban J connectivity index is 2.24. The molecule has 0 unspecified atom stereocenters. The SMILES string of the molecule is Cc1ccnc(Nc2ccc(Cl)c(Cl)c2)c1. The van der Waals surface area contributed by atoms with Crippen LogP contribution in [0.15, 0.2) is 36.5 Å². The third-order valence-corrected chi connectivity index (χ3v) is 2.85. The van der Waals surface area contributed by atoms with Crippen LogP contribution in [0.5, 0.6) is 0 Å². The number of nitrogens with one attached hydrogen (secondary N) is 1. The topological polar surface area (TPSA) is 24.9 Å². The molecule has 1 N–H and O–H groups in total. The number of nitrogens with zero attached hydrogens (tertiary/aromatic N) is 1. The van der Waals surface area contributed by atoms with Crippen LogP contribution in [0.1, 0.15) is 5.56 Å². The standard InChI is InChI=1S/C12H10Cl2N2/c1-8-4-5-15-12(6-8)16-9-2-3-10(13)11(14)7-9/h2-7H,1H3,(H,15,16). The Labute approximate surface area is 104 Å². The number of hydrogen-bond acceptors (Lipinski definition) is 2.